The van der Waals surface area contributed by atoms with Gasteiger partial charge in [-0.2, -0.15) is 0 Å². The predicted octanol–water partition coefficient (Wildman–Crippen LogP) is 1.86. The molecular formula is C13H18O4. The van der Waals surface area contributed by atoms with Crippen LogP contribution in [0, 0.1) is 11.8 Å². The first-order valence-corrected chi connectivity index (χ1v) is 5.51. The van der Waals surface area contributed by atoms with Crippen LogP contribution in [0.15, 0.2) is 23.3 Å². The van der Waals surface area contributed by atoms with E-state index in [9.17, 15) is 9.59 Å². The van der Waals surface area contributed by atoms with Crippen LogP contribution in [0.25, 0.3) is 0 Å². The lowest BCUT2D eigenvalue weighted by Gasteiger charge is -2.17. The van der Waals surface area contributed by atoms with E-state index in [2.05, 4.69) is 11.3 Å². The minimum Gasteiger partial charge on any atom is -0.438 e. The summed E-state index contributed by atoms with van der Waals surface area (Å²) in [5, 5.41) is 0. The zero-order valence-corrected chi connectivity index (χ0v) is 10.7. The van der Waals surface area contributed by atoms with E-state index >= 15 is 0 Å². The molecule has 4 heteroatoms. The van der Waals surface area contributed by atoms with Crippen molar-refractivity contribution in [3.8, 4) is 0 Å². The summed E-state index contributed by atoms with van der Waals surface area (Å²) in [6, 6.07) is 0. The van der Waals surface area contributed by atoms with Gasteiger partial charge in [0.15, 0.2) is 12.6 Å². The molecule has 0 saturated carbocycles. The van der Waals surface area contributed by atoms with Crippen molar-refractivity contribution in [1.29, 1.82) is 0 Å². The van der Waals surface area contributed by atoms with Crippen molar-refractivity contribution in [2.45, 2.75) is 20.8 Å². The van der Waals surface area contributed by atoms with Gasteiger partial charge in [-0.15, -0.1) is 0 Å². The maximum absolute atomic E-state index is 11.9. The zero-order valence-electron chi connectivity index (χ0n) is 10.7. The van der Waals surface area contributed by atoms with E-state index in [0.717, 1.165) is 5.57 Å². The third kappa shape index (κ3) is 2.47. The Hall–Kier alpha value is -1.42. The van der Waals surface area contributed by atoms with Gasteiger partial charge in [0.2, 0.25) is 0 Å². The average molecular weight is 238 g/mol. The lowest BCUT2D eigenvalue weighted by Crippen LogP contribution is -2.22. The summed E-state index contributed by atoms with van der Waals surface area (Å²) in [4.78, 5) is 23.7. The Bertz CT molecular complexity index is 390. The van der Waals surface area contributed by atoms with Crippen LogP contribution in [0.2, 0.25) is 0 Å². The van der Waals surface area contributed by atoms with Gasteiger partial charge < -0.3 is 9.47 Å². The molecule has 1 aliphatic rings. The molecule has 4 nitrogen and oxygen atoms in total. The number of ketones is 1. The van der Waals surface area contributed by atoms with Crippen molar-refractivity contribution in [2.75, 3.05) is 13.9 Å². The Morgan fingerprint density at radius 1 is 1.47 bits per heavy atom. The standard InChI is InChI=1S/C13H18O4/c1-7(2)10-8(3)12(14)9(4)11(10)13(15)17-6-16-5/h7,11H,4,6H2,1-3,5H3. The summed E-state index contributed by atoms with van der Waals surface area (Å²) in [5.74, 6) is -1.14. The number of hydrogen-bond donors (Lipinski definition) is 0. The fourth-order valence-corrected chi connectivity index (χ4v) is 2.14. The number of hydrogen-bond acceptors (Lipinski definition) is 4. The Balaban J connectivity index is 3.01. The summed E-state index contributed by atoms with van der Waals surface area (Å²) >= 11 is 0. The Morgan fingerprint density at radius 2 is 2.06 bits per heavy atom. The number of esters is 1. The van der Waals surface area contributed by atoms with Crippen molar-refractivity contribution >= 4 is 11.8 Å². The van der Waals surface area contributed by atoms with Gasteiger partial charge in [0, 0.05) is 12.7 Å². The molecule has 1 unspecified atom stereocenters. The van der Waals surface area contributed by atoms with Gasteiger partial charge in [-0.1, -0.05) is 20.4 Å². The molecule has 0 aromatic heterocycles. The zero-order chi connectivity index (χ0) is 13.2. The molecule has 0 aliphatic heterocycles. The van der Waals surface area contributed by atoms with E-state index < -0.39 is 11.9 Å². The number of ether oxygens (including phenoxy) is 2. The third-order valence-electron chi connectivity index (χ3n) is 2.90. The fourth-order valence-electron chi connectivity index (χ4n) is 2.14. The number of rotatable bonds is 4. The molecule has 0 bridgehead atoms. The van der Waals surface area contributed by atoms with E-state index in [4.69, 9.17) is 4.74 Å². The molecule has 0 saturated heterocycles. The first kappa shape index (κ1) is 13.6. The molecule has 1 rings (SSSR count). The topological polar surface area (TPSA) is 52.6 Å². The lowest BCUT2D eigenvalue weighted by atomic mass is 9.89. The molecule has 0 spiro atoms. The fraction of sp³-hybridized carbons (Fsp3) is 0.538. The molecule has 17 heavy (non-hydrogen) atoms. The van der Waals surface area contributed by atoms with Gasteiger partial charge >= 0.3 is 5.97 Å². The maximum Gasteiger partial charge on any atom is 0.319 e. The minimum absolute atomic E-state index is 0.110. The van der Waals surface area contributed by atoms with Gasteiger partial charge in [0.25, 0.3) is 0 Å². The Labute approximate surface area is 101 Å². The summed E-state index contributed by atoms with van der Waals surface area (Å²) < 4.78 is 9.60. The van der Waals surface area contributed by atoms with Gasteiger partial charge in [-0.05, 0) is 24.0 Å². The molecule has 94 valence electrons. The van der Waals surface area contributed by atoms with Crippen LogP contribution in [-0.2, 0) is 19.1 Å². The highest BCUT2D eigenvalue weighted by molar-refractivity contribution is 6.15. The second kappa shape index (κ2) is 5.27. The molecular weight excluding hydrogens is 220 g/mol. The van der Waals surface area contributed by atoms with Gasteiger partial charge in [-0.3, -0.25) is 9.59 Å². The molecule has 0 N–H and O–H groups in total. The smallest absolute Gasteiger partial charge is 0.319 e. The van der Waals surface area contributed by atoms with Crippen molar-refractivity contribution in [2.24, 2.45) is 11.8 Å². The SMILES string of the molecule is C=C1C(=O)C(C)=C(C(C)C)C1C(=O)OCOC. The normalized spacial score (nSPS) is 20.4. The number of carbonyl (C=O) groups is 2. The van der Waals surface area contributed by atoms with Crippen molar-refractivity contribution in [3.05, 3.63) is 23.3 Å². The van der Waals surface area contributed by atoms with Crippen LogP contribution < -0.4 is 0 Å². The summed E-state index contributed by atoms with van der Waals surface area (Å²) in [6.45, 7) is 9.21. The second-order valence-electron chi connectivity index (χ2n) is 4.39. The molecule has 0 aromatic rings. The van der Waals surface area contributed by atoms with E-state index in [1.54, 1.807) is 6.92 Å². The van der Waals surface area contributed by atoms with E-state index in [-0.39, 0.29) is 18.5 Å². The largest absolute Gasteiger partial charge is 0.438 e. The van der Waals surface area contributed by atoms with Gasteiger partial charge in [-0.25, -0.2) is 0 Å². The highest BCUT2D eigenvalue weighted by Crippen LogP contribution is 2.38. The second-order valence-corrected chi connectivity index (χ2v) is 4.39. The third-order valence-corrected chi connectivity index (χ3v) is 2.90. The highest BCUT2D eigenvalue weighted by Gasteiger charge is 2.40. The number of methoxy groups -OCH3 is 1. The van der Waals surface area contributed by atoms with Gasteiger partial charge in [0.1, 0.15) is 5.92 Å². The number of Topliss-reactive ketones (excluding diaryl/α,β-unsaturated/α-hetero) is 1. The first-order valence-electron chi connectivity index (χ1n) is 5.51. The molecule has 0 amide bonds. The molecule has 0 aromatic carbocycles. The number of carbonyl (C=O) groups excluding carboxylic acids is 2. The summed E-state index contributed by atoms with van der Waals surface area (Å²) in [6.07, 6.45) is 0. The van der Waals surface area contributed by atoms with E-state index in [1.807, 2.05) is 13.8 Å². The quantitative estimate of drug-likeness (QED) is 0.426. The Kier molecular flexibility index (Phi) is 4.23. The van der Waals surface area contributed by atoms with Crippen LogP contribution in [-0.4, -0.2) is 25.7 Å². The van der Waals surface area contributed by atoms with Gasteiger partial charge in [0.05, 0.1) is 0 Å². The summed E-state index contributed by atoms with van der Waals surface area (Å²) in [7, 11) is 1.44. The average Bonchev–Trinajstić information content (AvgIpc) is 2.50. The lowest BCUT2D eigenvalue weighted by molar-refractivity contribution is -0.156. The van der Waals surface area contributed by atoms with Crippen molar-refractivity contribution in [1.82, 2.24) is 0 Å². The monoisotopic (exact) mass is 238 g/mol. The molecule has 1 aliphatic carbocycles. The van der Waals surface area contributed by atoms with E-state index in [0.29, 0.717) is 11.1 Å². The van der Waals surface area contributed by atoms with Crippen molar-refractivity contribution < 1.29 is 19.1 Å². The molecule has 0 heterocycles. The van der Waals surface area contributed by atoms with E-state index in [1.165, 1.54) is 7.11 Å². The maximum atomic E-state index is 11.9. The predicted molar refractivity (Wildman–Crippen MR) is 63.1 cm³/mol. The highest BCUT2D eigenvalue weighted by atomic mass is 16.7. The summed E-state index contributed by atoms with van der Waals surface area (Å²) in [5.41, 5.74) is 1.72. The van der Waals surface area contributed by atoms with Crippen LogP contribution in [0.4, 0.5) is 0 Å². The molecule has 0 radical (unpaired) electrons. The van der Waals surface area contributed by atoms with Crippen LogP contribution in [0.3, 0.4) is 0 Å². The van der Waals surface area contributed by atoms with Crippen molar-refractivity contribution in [3.63, 3.8) is 0 Å². The number of allylic oxidation sites excluding steroid dienone is 1. The Morgan fingerprint density at radius 3 is 2.53 bits per heavy atom. The van der Waals surface area contributed by atoms with Crippen LogP contribution in [0.1, 0.15) is 20.8 Å². The van der Waals surface area contributed by atoms with Crippen LogP contribution >= 0.6 is 0 Å². The minimum atomic E-state index is -0.641. The molecule has 1 atom stereocenters. The first-order chi connectivity index (χ1) is 7.91. The molecule has 0 fully saturated rings. The van der Waals surface area contributed by atoms with Crippen LogP contribution in [0.5, 0.6) is 0 Å².